The van der Waals surface area contributed by atoms with Gasteiger partial charge in [-0.3, -0.25) is 4.68 Å². The first kappa shape index (κ1) is 12.1. The second kappa shape index (κ2) is 3.86. The van der Waals surface area contributed by atoms with Crippen LogP contribution in [0, 0.1) is 11.3 Å². The first-order chi connectivity index (χ1) is 7.80. The summed E-state index contributed by atoms with van der Waals surface area (Å²) >= 11 is 0. The zero-order valence-electron chi connectivity index (χ0n) is 10.9. The monoisotopic (exact) mass is 236 g/mol. The van der Waals surface area contributed by atoms with E-state index in [4.69, 9.17) is 5.11 Å². The zero-order valence-corrected chi connectivity index (χ0v) is 10.9. The summed E-state index contributed by atoms with van der Waals surface area (Å²) in [5.74, 6) is -0.367. The summed E-state index contributed by atoms with van der Waals surface area (Å²) in [6.45, 7) is 6.67. The van der Waals surface area contributed by atoms with Gasteiger partial charge in [-0.25, -0.2) is 4.79 Å². The molecule has 17 heavy (non-hydrogen) atoms. The predicted octanol–water partition coefficient (Wildman–Crippen LogP) is 2.27. The highest BCUT2D eigenvalue weighted by Gasteiger charge is 2.33. The van der Waals surface area contributed by atoms with Crippen molar-refractivity contribution >= 4 is 5.97 Å². The van der Waals surface area contributed by atoms with Gasteiger partial charge in [0.05, 0.1) is 0 Å². The van der Waals surface area contributed by atoms with Crippen molar-refractivity contribution in [3.05, 3.63) is 17.0 Å². The van der Waals surface area contributed by atoms with Gasteiger partial charge in [0, 0.05) is 18.3 Å². The minimum Gasteiger partial charge on any atom is -0.476 e. The first-order valence-electron chi connectivity index (χ1n) is 6.08. The Balaban J connectivity index is 2.39. The van der Waals surface area contributed by atoms with Crippen LogP contribution < -0.4 is 0 Å². The third kappa shape index (κ3) is 2.08. The largest absolute Gasteiger partial charge is 0.476 e. The van der Waals surface area contributed by atoms with Gasteiger partial charge < -0.3 is 5.11 Å². The molecule has 0 bridgehead atoms. The lowest BCUT2D eigenvalue weighted by Gasteiger charge is -2.34. The molecule has 0 aromatic carbocycles. The van der Waals surface area contributed by atoms with E-state index < -0.39 is 5.97 Å². The fourth-order valence-electron chi connectivity index (χ4n) is 2.70. The smallest absolute Gasteiger partial charge is 0.356 e. The van der Waals surface area contributed by atoms with Crippen molar-refractivity contribution in [3.8, 4) is 0 Å². The Hall–Kier alpha value is -1.32. The summed E-state index contributed by atoms with van der Waals surface area (Å²) in [5, 5.41) is 13.3. The van der Waals surface area contributed by atoms with Gasteiger partial charge in [-0.1, -0.05) is 20.8 Å². The van der Waals surface area contributed by atoms with Gasteiger partial charge in [-0.05, 0) is 30.6 Å². The van der Waals surface area contributed by atoms with Crippen LogP contribution in [-0.2, 0) is 19.9 Å². The second-order valence-corrected chi connectivity index (χ2v) is 6.01. The van der Waals surface area contributed by atoms with Crippen LogP contribution in [0.5, 0.6) is 0 Å². The van der Waals surface area contributed by atoms with Crippen LogP contribution in [0.2, 0.25) is 0 Å². The van der Waals surface area contributed by atoms with Crippen LogP contribution in [0.3, 0.4) is 0 Å². The molecule has 1 aromatic heterocycles. The van der Waals surface area contributed by atoms with Crippen LogP contribution in [0.1, 0.15) is 48.9 Å². The molecule has 0 amide bonds. The maximum absolute atomic E-state index is 11.2. The Labute approximate surface area is 102 Å². The normalized spacial score (nSPS) is 20.1. The molecule has 4 nitrogen and oxygen atoms in total. The molecular formula is C13H20N2O2. The van der Waals surface area contributed by atoms with E-state index in [1.54, 1.807) is 4.68 Å². The Morgan fingerprint density at radius 1 is 1.47 bits per heavy atom. The molecule has 0 fully saturated rings. The lowest BCUT2D eigenvalue weighted by molar-refractivity contribution is 0.0687. The van der Waals surface area contributed by atoms with E-state index in [-0.39, 0.29) is 11.1 Å². The van der Waals surface area contributed by atoms with Crippen molar-refractivity contribution in [1.29, 1.82) is 0 Å². The Morgan fingerprint density at radius 3 is 2.65 bits per heavy atom. The van der Waals surface area contributed by atoms with Gasteiger partial charge >= 0.3 is 5.97 Å². The average Bonchev–Trinajstić information content (AvgIpc) is 2.54. The van der Waals surface area contributed by atoms with E-state index >= 15 is 0 Å². The van der Waals surface area contributed by atoms with Gasteiger partial charge in [-0.15, -0.1) is 0 Å². The highest BCUT2D eigenvalue weighted by atomic mass is 16.4. The van der Waals surface area contributed by atoms with E-state index in [0.717, 1.165) is 30.5 Å². The average molecular weight is 236 g/mol. The molecule has 2 rings (SSSR count). The van der Waals surface area contributed by atoms with Crippen molar-refractivity contribution in [2.24, 2.45) is 18.4 Å². The number of aromatic nitrogens is 2. The van der Waals surface area contributed by atoms with Crippen LogP contribution in [0.15, 0.2) is 0 Å². The van der Waals surface area contributed by atoms with Crippen molar-refractivity contribution in [2.45, 2.75) is 40.0 Å². The van der Waals surface area contributed by atoms with Crippen LogP contribution in [0.25, 0.3) is 0 Å². The number of nitrogens with zero attached hydrogens (tertiary/aromatic N) is 2. The van der Waals surface area contributed by atoms with E-state index in [0.29, 0.717) is 5.92 Å². The molecule has 0 spiro atoms. The van der Waals surface area contributed by atoms with Crippen molar-refractivity contribution in [3.63, 3.8) is 0 Å². The topological polar surface area (TPSA) is 55.1 Å². The van der Waals surface area contributed by atoms with E-state index in [9.17, 15) is 4.79 Å². The van der Waals surface area contributed by atoms with Gasteiger partial charge in [0.15, 0.2) is 5.69 Å². The number of hydrogen-bond donors (Lipinski definition) is 1. The molecule has 0 saturated heterocycles. The van der Waals surface area contributed by atoms with Gasteiger partial charge in [-0.2, -0.15) is 5.10 Å². The summed E-state index contributed by atoms with van der Waals surface area (Å²) in [4.78, 5) is 11.2. The standard InChI is InChI=1S/C13H20N2O2/c1-13(2,3)8-5-6-10-9(7-8)11(12(16)17)14-15(10)4/h8H,5-7H2,1-4H3,(H,16,17). The third-order valence-corrected chi connectivity index (χ3v) is 3.88. The summed E-state index contributed by atoms with van der Waals surface area (Å²) in [5.41, 5.74) is 2.52. The lowest BCUT2D eigenvalue weighted by Crippen LogP contribution is -2.27. The van der Waals surface area contributed by atoms with E-state index in [1.807, 2.05) is 7.05 Å². The molecule has 1 atom stereocenters. The molecule has 1 heterocycles. The quantitative estimate of drug-likeness (QED) is 0.813. The number of fused-ring (bicyclic) bond motifs is 1. The van der Waals surface area contributed by atoms with E-state index in [2.05, 4.69) is 25.9 Å². The highest BCUT2D eigenvalue weighted by molar-refractivity contribution is 5.87. The van der Waals surface area contributed by atoms with Crippen molar-refractivity contribution in [1.82, 2.24) is 9.78 Å². The Morgan fingerprint density at radius 2 is 2.12 bits per heavy atom. The second-order valence-electron chi connectivity index (χ2n) is 6.01. The van der Waals surface area contributed by atoms with Gasteiger partial charge in [0.25, 0.3) is 0 Å². The maximum atomic E-state index is 11.2. The number of carboxylic acids is 1. The molecule has 1 N–H and O–H groups in total. The molecule has 1 aromatic rings. The fourth-order valence-corrected chi connectivity index (χ4v) is 2.70. The number of aryl methyl sites for hydroxylation is 1. The van der Waals surface area contributed by atoms with Crippen LogP contribution in [-0.4, -0.2) is 20.9 Å². The molecule has 1 unspecified atom stereocenters. The lowest BCUT2D eigenvalue weighted by atomic mass is 9.71. The molecule has 4 heteroatoms. The van der Waals surface area contributed by atoms with Gasteiger partial charge in [0.2, 0.25) is 0 Å². The molecule has 1 aliphatic rings. The predicted molar refractivity (Wildman–Crippen MR) is 65.1 cm³/mol. The molecule has 0 radical (unpaired) electrons. The third-order valence-electron chi connectivity index (χ3n) is 3.88. The first-order valence-corrected chi connectivity index (χ1v) is 6.08. The summed E-state index contributed by atoms with van der Waals surface area (Å²) < 4.78 is 1.73. The van der Waals surface area contributed by atoms with Crippen LogP contribution >= 0.6 is 0 Å². The number of hydrogen-bond acceptors (Lipinski definition) is 2. The fraction of sp³-hybridized carbons (Fsp3) is 0.692. The maximum Gasteiger partial charge on any atom is 0.356 e. The van der Waals surface area contributed by atoms with Crippen LogP contribution in [0.4, 0.5) is 0 Å². The van der Waals surface area contributed by atoms with Crippen molar-refractivity contribution in [2.75, 3.05) is 0 Å². The zero-order chi connectivity index (χ0) is 12.8. The summed E-state index contributed by atoms with van der Waals surface area (Å²) in [6, 6.07) is 0. The summed E-state index contributed by atoms with van der Waals surface area (Å²) in [7, 11) is 1.84. The summed E-state index contributed by atoms with van der Waals surface area (Å²) in [6.07, 6.45) is 2.90. The number of carbonyl (C=O) groups is 1. The number of carboxylic acid groups (broad SMARTS) is 1. The Bertz CT molecular complexity index is 455. The molecule has 94 valence electrons. The minimum atomic E-state index is -0.906. The molecular weight excluding hydrogens is 216 g/mol. The molecule has 0 aliphatic heterocycles. The minimum absolute atomic E-state index is 0.226. The van der Waals surface area contributed by atoms with E-state index in [1.165, 1.54) is 0 Å². The van der Waals surface area contributed by atoms with Gasteiger partial charge in [0.1, 0.15) is 0 Å². The van der Waals surface area contributed by atoms with Crippen molar-refractivity contribution < 1.29 is 9.90 Å². The number of rotatable bonds is 1. The molecule has 1 aliphatic carbocycles. The SMILES string of the molecule is Cn1nc(C(=O)O)c2c1CCC(C(C)(C)C)C2. The molecule has 0 saturated carbocycles. The Kier molecular flexibility index (Phi) is 2.76. The highest BCUT2D eigenvalue weighted by Crippen LogP contribution is 2.38. The number of aromatic carboxylic acids is 1.